The highest BCUT2D eigenvalue weighted by Crippen LogP contribution is 2.30. The summed E-state index contributed by atoms with van der Waals surface area (Å²) >= 11 is 6.02. The molecule has 2 heteroatoms. The standard InChI is InChI=1S/C10H13ClO/c1-4-8-7(3)10(11)6(2)5-9(8)12/h5,12H,4H2,1-3H3. The fraction of sp³-hybridized carbons (Fsp3) is 0.400. The van der Waals surface area contributed by atoms with E-state index in [2.05, 4.69) is 0 Å². The molecule has 0 saturated carbocycles. The van der Waals surface area contributed by atoms with Gasteiger partial charge in [0.25, 0.3) is 0 Å². The van der Waals surface area contributed by atoms with Gasteiger partial charge in [0.2, 0.25) is 0 Å². The van der Waals surface area contributed by atoms with E-state index in [1.54, 1.807) is 6.07 Å². The van der Waals surface area contributed by atoms with Crippen LogP contribution in [0.3, 0.4) is 0 Å². The first-order valence-corrected chi connectivity index (χ1v) is 4.43. The monoisotopic (exact) mass is 184 g/mol. The minimum absolute atomic E-state index is 0.358. The number of aryl methyl sites for hydroxylation is 1. The van der Waals surface area contributed by atoms with E-state index in [9.17, 15) is 5.11 Å². The summed E-state index contributed by atoms with van der Waals surface area (Å²) in [6.45, 7) is 5.84. The average molecular weight is 185 g/mol. The largest absolute Gasteiger partial charge is 0.508 e. The number of hydrogen-bond donors (Lipinski definition) is 1. The molecule has 12 heavy (non-hydrogen) atoms. The molecule has 0 fully saturated rings. The van der Waals surface area contributed by atoms with Gasteiger partial charge in [0.05, 0.1) is 0 Å². The Bertz CT molecular complexity index is 305. The number of aromatic hydroxyl groups is 1. The van der Waals surface area contributed by atoms with Crippen molar-refractivity contribution in [1.29, 1.82) is 0 Å². The average Bonchev–Trinajstić information content (AvgIpc) is 2.01. The zero-order valence-electron chi connectivity index (χ0n) is 7.61. The van der Waals surface area contributed by atoms with Crippen LogP contribution in [0.2, 0.25) is 5.02 Å². The Morgan fingerprint density at radius 2 is 2.00 bits per heavy atom. The fourth-order valence-electron chi connectivity index (χ4n) is 1.42. The maximum Gasteiger partial charge on any atom is 0.119 e. The summed E-state index contributed by atoms with van der Waals surface area (Å²) in [5, 5.41) is 10.3. The Kier molecular flexibility index (Phi) is 2.63. The smallest absolute Gasteiger partial charge is 0.119 e. The molecule has 0 aliphatic heterocycles. The van der Waals surface area contributed by atoms with Crippen LogP contribution in [0.4, 0.5) is 0 Å². The molecule has 1 nitrogen and oxygen atoms in total. The van der Waals surface area contributed by atoms with E-state index in [1.165, 1.54) is 0 Å². The lowest BCUT2D eigenvalue weighted by Gasteiger charge is -2.10. The van der Waals surface area contributed by atoms with Crippen molar-refractivity contribution in [2.45, 2.75) is 27.2 Å². The van der Waals surface area contributed by atoms with Gasteiger partial charge in [-0.05, 0) is 43.0 Å². The maximum absolute atomic E-state index is 9.54. The van der Waals surface area contributed by atoms with Crippen LogP contribution in [0.15, 0.2) is 6.07 Å². The van der Waals surface area contributed by atoms with Gasteiger partial charge in [0.15, 0.2) is 0 Å². The summed E-state index contributed by atoms with van der Waals surface area (Å²) < 4.78 is 0. The van der Waals surface area contributed by atoms with Gasteiger partial charge in [0, 0.05) is 5.02 Å². The molecule has 0 heterocycles. The normalized spacial score (nSPS) is 10.3. The molecular weight excluding hydrogens is 172 g/mol. The number of phenolic OH excluding ortho intramolecular Hbond substituents is 1. The molecule has 1 aromatic carbocycles. The third-order valence-corrected chi connectivity index (χ3v) is 2.73. The molecule has 0 saturated heterocycles. The number of benzene rings is 1. The van der Waals surface area contributed by atoms with Gasteiger partial charge in [0.1, 0.15) is 5.75 Å². The van der Waals surface area contributed by atoms with Crippen molar-refractivity contribution in [3.63, 3.8) is 0 Å². The Morgan fingerprint density at radius 1 is 1.42 bits per heavy atom. The van der Waals surface area contributed by atoms with E-state index in [1.807, 2.05) is 20.8 Å². The summed E-state index contributed by atoms with van der Waals surface area (Å²) in [6, 6.07) is 1.72. The zero-order chi connectivity index (χ0) is 9.30. The van der Waals surface area contributed by atoms with Crippen LogP contribution < -0.4 is 0 Å². The number of rotatable bonds is 1. The van der Waals surface area contributed by atoms with Gasteiger partial charge in [-0.15, -0.1) is 0 Å². The third kappa shape index (κ3) is 1.42. The minimum atomic E-state index is 0.358. The highest BCUT2D eigenvalue weighted by molar-refractivity contribution is 6.32. The molecule has 0 spiro atoms. The van der Waals surface area contributed by atoms with E-state index in [0.717, 1.165) is 28.1 Å². The van der Waals surface area contributed by atoms with Crippen molar-refractivity contribution in [3.8, 4) is 5.75 Å². The van der Waals surface area contributed by atoms with Gasteiger partial charge in [-0.2, -0.15) is 0 Å². The maximum atomic E-state index is 9.54. The molecule has 0 aliphatic rings. The molecule has 0 aromatic heterocycles. The Morgan fingerprint density at radius 3 is 2.50 bits per heavy atom. The zero-order valence-corrected chi connectivity index (χ0v) is 8.37. The second-order valence-corrected chi connectivity index (χ2v) is 3.36. The van der Waals surface area contributed by atoms with Crippen LogP contribution in [0, 0.1) is 13.8 Å². The Hall–Kier alpha value is -0.690. The highest BCUT2D eigenvalue weighted by Gasteiger charge is 2.08. The SMILES string of the molecule is CCc1c(O)cc(C)c(Cl)c1C. The van der Waals surface area contributed by atoms with Crippen molar-refractivity contribution in [2.24, 2.45) is 0 Å². The number of phenols is 1. The predicted octanol–water partition coefficient (Wildman–Crippen LogP) is 3.22. The van der Waals surface area contributed by atoms with Crippen LogP contribution in [-0.4, -0.2) is 5.11 Å². The van der Waals surface area contributed by atoms with Crippen LogP contribution >= 0.6 is 11.6 Å². The number of hydrogen-bond acceptors (Lipinski definition) is 1. The van der Waals surface area contributed by atoms with Gasteiger partial charge in [-0.3, -0.25) is 0 Å². The first-order chi connectivity index (χ1) is 5.57. The lowest BCUT2D eigenvalue weighted by molar-refractivity contribution is 0.468. The van der Waals surface area contributed by atoms with E-state index >= 15 is 0 Å². The van der Waals surface area contributed by atoms with Gasteiger partial charge in [-0.1, -0.05) is 18.5 Å². The van der Waals surface area contributed by atoms with Crippen molar-refractivity contribution in [2.75, 3.05) is 0 Å². The number of halogens is 1. The molecule has 0 unspecified atom stereocenters. The highest BCUT2D eigenvalue weighted by atomic mass is 35.5. The second kappa shape index (κ2) is 3.36. The van der Waals surface area contributed by atoms with Crippen LogP contribution in [0.1, 0.15) is 23.6 Å². The first kappa shape index (κ1) is 9.40. The van der Waals surface area contributed by atoms with Crippen LogP contribution in [-0.2, 0) is 6.42 Å². The molecular formula is C10H13ClO. The van der Waals surface area contributed by atoms with Crippen LogP contribution in [0.5, 0.6) is 5.75 Å². The summed E-state index contributed by atoms with van der Waals surface area (Å²) in [5.41, 5.74) is 2.88. The molecule has 1 rings (SSSR count). The van der Waals surface area contributed by atoms with Crippen molar-refractivity contribution in [3.05, 3.63) is 27.8 Å². The van der Waals surface area contributed by atoms with Gasteiger partial charge >= 0.3 is 0 Å². The molecule has 0 atom stereocenters. The second-order valence-electron chi connectivity index (χ2n) is 2.98. The summed E-state index contributed by atoms with van der Waals surface area (Å²) in [7, 11) is 0. The summed E-state index contributed by atoms with van der Waals surface area (Å²) in [5.74, 6) is 0.358. The molecule has 0 radical (unpaired) electrons. The lowest BCUT2D eigenvalue weighted by Crippen LogP contribution is -1.91. The van der Waals surface area contributed by atoms with E-state index < -0.39 is 0 Å². The molecule has 1 N–H and O–H groups in total. The Labute approximate surface area is 78.0 Å². The summed E-state index contributed by atoms with van der Waals surface area (Å²) in [6.07, 6.45) is 0.817. The van der Waals surface area contributed by atoms with Crippen molar-refractivity contribution in [1.82, 2.24) is 0 Å². The van der Waals surface area contributed by atoms with Crippen molar-refractivity contribution >= 4 is 11.6 Å². The first-order valence-electron chi connectivity index (χ1n) is 4.05. The Balaban J connectivity index is 3.40. The van der Waals surface area contributed by atoms with Gasteiger partial charge in [-0.25, -0.2) is 0 Å². The predicted molar refractivity (Wildman–Crippen MR) is 52.0 cm³/mol. The lowest BCUT2D eigenvalue weighted by atomic mass is 10.0. The van der Waals surface area contributed by atoms with E-state index in [-0.39, 0.29) is 0 Å². The summed E-state index contributed by atoms with van der Waals surface area (Å²) in [4.78, 5) is 0. The van der Waals surface area contributed by atoms with E-state index in [4.69, 9.17) is 11.6 Å². The molecule has 66 valence electrons. The molecule has 0 bridgehead atoms. The van der Waals surface area contributed by atoms with Gasteiger partial charge < -0.3 is 5.11 Å². The quantitative estimate of drug-likeness (QED) is 0.711. The molecule has 0 amide bonds. The topological polar surface area (TPSA) is 20.2 Å². The fourth-order valence-corrected chi connectivity index (χ4v) is 1.59. The molecule has 0 aliphatic carbocycles. The van der Waals surface area contributed by atoms with E-state index in [0.29, 0.717) is 5.75 Å². The van der Waals surface area contributed by atoms with Crippen LogP contribution in [0.25, 0.3) is 0 Å². The molecule has 1 aromatic rings. The minimum Gasteiger partial charge on any atom is -0.508 e. The van der Waals surface area contributed by atoms with Crippen molar-refractivity contribution < 1.29 is 5.11 Å². The third-order valence-electron chi connectivity index (χ3n) is 2.14.